The van der Waals surface area contributed by atoms with Gasteiger partial charge in [-0.15, -0.1) is 0 Å². The van der Waals surface area contributed by atoms with Gasteiger partial charge in [0.05, 0.1) is 12.2 Å². The molecule has 3 heterocycles. The average Bonchev–Trinajstić information content (AvgIpc) is 3.31. The van der Waals surface area contributed by atoms with Crippen LogP contribution in [0.25, 0.3) is 0 Å². The first-order valence-electron chi connectivity index (χ1n) is 10.7. The van der Waals surface area contributed by atoms with Crippen molar-refractivity contribution in [3.8, 4) is 0 Å². The molecule has 6 nitrogen and oxygen atoms in total. The number of benzene rings is 1. The fourth-order valence-electron chi connectivity index (χ4n) is 4.33. The molecule has 1 N–H and O–H groups in total. The van der Waals surface area contributed by atoms with Gasteiger partial charge < -0.3 is 14.6 Å². The standard InChI is InChI=1S/C23H28ClN3O3/c24-19-7-5-17(6-8-19)15-26-12-9-20(10-13-26)25-22(28)18-3-1-11-27(16-18)23(29)21-4-2-14-30-21/h2,4-8,14,18,20H,1,3,9-13,15-16H2,(H,25,28). The second-order valence-corrected chi connectivity index (χ2v) is 8.69. The van der Waals surface area contributed by atoms with Crippen molar-refractivity contribution >= 4 is 23.4 Å². The molecule has 2 aliphatic rings. The monoisotopic (exact) mass is 429 g/mol. The van der Waals surface area contributed by atoms with Crippen molar-refractivity contribution in [1.82, 2.24) is 15.1 Å². The third kappa shape index (κ3) is 5.24. The Labute approximate surface area is 182 Å². The largest absolute Gasteiger partial charge is 0.459 e. The third-order valence-corrected chi connectivity index (χ3v) is 6.32. The molecule has 1 atom stereocenters. The van der Waals surface area contributed by atoms with E-state index in [1.54, 1.807) is 17.0 Å². The smallest absolute Gasteiger partial charge is 0.289 e. The number of hydrogen-bond acceptors (Lipinski definition) is 4. The molecular weight excluding hydrogens is 402 g/mol. The number of likely N-dealkylation sites (tertiary alicyclic amines) is 2. The first-order valence-corrected chi connectivity index (χ1v) is 11.1. The van der Waals surface area contributed by atoms with Crippen molar-refractivity contribution in [2.45, 2.75) is 38.3 Å². The first-order chi connectivity index (χ1) is 14.6. The van der Waals surface area contributed by atoms with Gasteiger partial charge in [0.1, 0.15) is 0 Å². The second-order valence-electron chi connectivity index (χ2n) is 8.25. The minimum absolute atomic E-state index is 0.0723. The van der Waals surface area contributed by atoms with Crippen LogP contribution in [0.3, 0.4) is 0 Å². The number of nitrogens with zero attached hydrogens (tertiary/aromatic N) is 2. The highest BCUT2D eigenvalue weighted by molar-refractivity contribution is 6.30. The summed E-state index contributed by atoms with van der Waals surface area (Å²) in [6.07, 6.45) is 5.05. The van der Waals surface area contributed by atoms with Crippen molar-refractivity contribution in [2.75, 3.05) is 26.2 Å². The molecule has 2 aliphatic heterocycles. The SMILES string of the molecule is O=C(NC1CCN(Cc2ccc(Cl)cc2)CC1)C1CCCN(C(=O)c2ccco2)C1. The van der Waals surface area contributed by atoms with Gasteiger partial charge in [-0.3, -0.25) is 14.5 Å². The summed E-state index contributed by atoms with van der Waals surface area (Å²) in [4.78, 5) is 29.5. The molecular formula is C23H28ClN3O3. The van der Waals surface area contributed by atoms with Crippen LogP contribution in [0.4, 0.5) is 0 Å². The number of furan rings is 1. The lowest BCUT2D eigenvalue weighted by Gasteiger charge is -2.35. The van der Waals surface area contributed by atoms with Crippen molar-refractivity contribution in [3.63, 3.8) is 0 Å². The minimum atomic E-state index is -0.148. The predicted molar refractivity (Wildman–Crippen MR) is 115 cm³/mol. The Balaban J connectivity index is 1.23. The maximum atomic E-state index is 12.8. The molecule has 0 bridgehead atoms. The van der Waals surface area contributed by atoms with E-state index in [0.717, 1.165) is 50.3 Å². The van der Waals surface area contributed by atoms with Gasteiger partial charge in [-0.1, -0.05) is 23.7 Å². The van der Waals surface area contributed by atoms with Crippen LogP contribution in [0.2, 0.25) is 5.02 Å². The molecule has 1 unspecified atom stereocenters. The Hall–Kier alpha value is -2.31. The fraction of sp³-hybridized carbons (Fsp3) is 0.478. The number of nitrogens with one attached hydrogen (secondary N) is 1. The fourth-order valence-corrected chi connectivity index (χ4v) is 4.46. The van der Waals surface area contributed by atoms with Crippen molar-refractivity contribution < 1.29 is 14.0 Å². The lowest BCUT2D eigenvalue weighted by Crippen LogP contribution is -2.50. The number of rotatable bonds is 5. The Bertz CT molecular complexity index is 845. The zero-order valence-corrected chi connectivity index (χ0v) is 17.8. The van der Waals surface area contributed by atoms with Crippen molar-refractivity contribution in [2.24, 2.45) is 5.92 Å². The van der Waals surface area contributed by atoms with Crippen LogP contribution in [0.5, 0.6) is 0 Å². The molecule has 4 rings (SSSR count). The van der Waals surface area contributed by atoms with Gasteiger partial charge in [0.15, 0.2) is 5.76 Å². The van der Waals surface area contributed by atoms with Gasteiger partial charge in [-0.25, -0.2) is 0 Å². The quantitative estimate of drug-likeness (QED) is 0.789. The molecule has 0 saturated carbocycles. The first kappa shape index (κ1) is 20.9. The second kappa shape index (κ2) is 9.67. The van der Waals surface area contributed by atoms with Crippen LogP contribution in [-0.4, -0.2) is 53.8 Å². The van der Waals surface area contributed by atoms with Gasteiger partial charge in [-0.2, -0.15) is 0 Å². The molecule has 30 heavy (non-hydrogen) atoms. The molecule has 0 aliphatic carbocycles. The van der Waals surface area contributed by atoms with Crippen LogP contribution in [-0.2, 0) is 11.3 Å². The van der Waals surface area contributed by atoms with Crippen LogP contribution in [0, 0.1) is 5.92 Å². The lowest BCUT2D eigenvalue weighted by atomic mass is 9.95. The van der Waals surface area contributed by atoms with E-state index in [9.17, 15) is 9.59 Å². The summed E-state index contributed by atoms with van der Waals surface area (Å²) in [6.45, 7) is 3.96. The van der Waals surface area contributed by atoms with E-state index in [-0.39, 0.29) is 23.8 Å². The van der Waals surface area contributed by atoms with Gasteiger partial charge in [-0.05, 0) is 55.5 Å². The summed E-state index contributed by atoms with van der Waals surface area (Å²) in [5, 5.41) is 3.99. The van der Waals surface area contributed by atoms with Gasteiger partial charge in [0, 0.05) is 43.8 Å². The summed E-state index contributed by atoms with van der Waals surface area (Å²) in [5.41, 5.74) is 1.26. The summed E-state index contributed by atoms with van der Waals surface area (Å²) >= 11 is 5.96. The highest BCUT2D eigenvalue weighted by atomic mass is 35.5. The Kier molecular flexibility index (Phi) is 6.75. The van der Waals surface area contributed by atoms with E-state index in [0.29, 0.717) is 18.8 Å². The van der Waals surface area contributed by atoms with E-state index in [1.807, 2.05) is 12.1 Å². The molecule has 1 aromatic heterocycles. The molecule has 7 heteroatoms. The number of halogens is 1. The molecule has 2 amide bonds. The van der Waals surface area contributed by atoms with Gasteiger partial charge >= 0.3 is 0 Å². The minimum Gasteiger partial charge on any atom is -0.459 e. The van der Waals surface area contributed by atoms with Crippen LogP contribution in [0.1, 0.15) is 41.8 Å². The Morgan fingerprint density at radius 3 is 2.53 bits per heavy atom. The summed E-state index contributed by atoms with van der Waals surface area (Å²) < 4.78 is 5.22. The maximum Gasteiger partial charge on any atom is 0.289 e. The summed E-state index contributed by atoms with van der Waals surface area (Å²) in [5.74, 6) is 0.130. The predicted octanol–water partition coefficient (Wildman–Crippen LogP) is 3.57. The molecule has 0 spiro atoms. The topological polar surface area (TPSA) is 65.8 Å². The van der Waals surface area contributed by atoms with E-state index >= 15 is 0 Å². The van der Waals surface area contributed by atoms with E-state index in [2.05, 4.69) is 22.3 Å². The number of carbonyl (C=O) groups is 2. The molecule has 2 saturated heterocycles. The van der Waals surface area contributed by atoms with Crippen LogP contribution in [0.15, 0.2) is 47.1 Å². The lowest BCUT2D eigenvalue weighted by molar-refractivity contribution is -0.127. The van der Waals surface area contributed by atoms with Crippen molar-refractivity contribution in [3.05, 3.63) is 59.0 Å². The zero-order chi connectivity index (χ0) is 20.9. The summed E-state index contributed by atoms with van der Waals surface area (Å²) in [6, 6.07) is 11.6. The summed E-state index contributed by atoms with van der Waals surface area (Å²) in [7, 11) is 0. The Morgan fingerprint density at radius 1 is 1.07 bits per heavy atom. The van der Waals surface area contributed by atoms with Gasteiger partial charge in [0.2, 0.25) is 5.91 Å². The van der Waals surface area contributed by atoms with Gasteiger partial charge in [0.25, 0.3) is 5.91 Å². The molecule has 2 aromatic rings. The maximum absolute atomic E-state index is 12.8. The molecule has 0 radical (unpaired) electrons. The normalized spacial score (nSPS) is 20.8. The molecule has 1 aromatic carbocycles. The number of amides is 2. The molecule has 160 valence electrons. The Morgan fingerprint density at radius 2 is 1.83 bits per heavy atom. The van der Waals surface area contributed by atoms with Crippen LogP contribution >= 0.6 is 11.6 Å². The number of hydrogen-bond donors (Lipinski definition) is 1. The van der Waals surface area contributed by atoms with E-state index < -0.39 is 0 Å². The van der Waals surface area contributed by atoms with E-state index in [1.165, 1.54) is 11.8 Å². The number of carbonyl (C=O) groups excluding carboxylic acids is 2. The van der Waals surface area contributed by atoms with E-state index in [4.69, 9.17) is 16.0 Å². The number of piperidine rings is 2. The highest BCUT2D eigenvalue weighted by Gasteiger charge is 2.31. The van der Waals surface area contributed by atoms with Crippen molar-refractivity contribution in [1.29, 1.82) is 0 Å². The van der Waals surface area contributed by atoms with Crippen LogP contribution < -0.4 is 5.32 Å². The highest BCUT2D eigenvalue weighted by Crippen LogP contribution is 2.21. The third-order valence-electron chi connectivity index (χ3n) is 6.06. The average molecular weight is 430 g/mol. The zero-order valence-electron chi connectivity index (χ0n) is 17.1. The molecule has 2 fully saturated rings.